The van der Waals surface area contributed by atoms with Crippen LogP contribution in [0.2, 0.25) is 0 Å². The number of carbonyl (C=O) groups excluding carboxylic acids is 2. The van der Waals surface area contributed by atoms with Crippen molar-refractivity contribution in [2.45, 2.75) is 58.2 Å². The fraction of sp³-hybridized carbons (Fsp3) is 0.417. The lowest BCUT2D eigenvalue weighted by atomic mass is 9.78. The minimum Gasteiger partial charge on any atom is -0.461 e. The maximum Gasteiger partial charge on any atom is 0.306 e. The molecular weight excluding hydrogens is 352 g/mol. The van der Waals surface area contributed by atoms with Crippen LogP contribution in [0.4, 0.5) is 0 Å². The van der Waals surface area contributed by atoms with E-state index in [0.717, 1.165) is 36.8 Å². The molecule has 4 heteroatoms. The average Bonchev–Trinajstić information content (AvgIpc) is 3.19. The van der Waals surface area contributed by atoms with E-state index in [2.05, 4.69) is 0 Å². The Labute approximate surface area is 166 Å². The van der Waals surface area contributed by atoms with Crippen LogP contribution >= 0.6 is 0 Å². The van der Waals surface area contributed by atoms with E-state index in [4.69, 9.17) is 9.47 Å². The van der Waals surface area contributed by atoms with E-state index < -0.39 is 0 Å². The van der Waals surface area contributed by atoms with Crippen LogP contribution in [0.1, 0.15) is 56.1 Å². The second-order valence-corrected chi connectivity index (χ2v) is 7.68. The third-order valence-corrected chi connectivity index (χ3v) is 5.53. The van der Waals surface area contributed by atoms with Crippen LogP contribution in [-0.2, 0) is 32.3 Å². The molecule has 0 atom stereocenters. The van der Waals surface area contributed by atoms with Crippen molar-refractivity contribution in [3.05, 3.63) is 71.8 Å². The van der Waals surface area contributed by atoms with Gasteiger partial charge in [-0.1, -0.05) is 73.5 Å². The summed E-state index contributed by atoms with van der Waals surface area (Å²) in [5.74, 6) is -0.379. The van der Waals surface area contributed by atoms with Gasteiger partial charge >= 0.3 is 11.9 Å². The second kappa shape index (κ2) is 10.1. The molecule has 1 saturated carbocycles. The van der Waals surface area contributed by atoms with Gasteiger partial charge in [-0.2, -0.15) is 0 Å². The molecule has 0 saturated heterocycles. The Morgan fingerprint density at radius 3 is 1.79 bits per heavy atom. The van der Waals surface area contributed by atoms with Crippen molar-refractivity contribution in [3.63, 3.8) is 0 Å². The third kappa shape index (κ3) is 6.22. The first-order valence-corrected chi connectivity index (χ1v) is 10.0. The van der Waals surface area contributed by atoms with E-state index in [1.54, 1.807) is 0 Å². The number of hydrogen-bond donors (Lipinski definition) is 0. The zero-order valence-electron chi connectivity index (χ0n) is 16.3. The Hall–Kier alpha value is -2.62. The monoisotopic (exact) mass is 380 g/mol. The molecule has 0 amide bonds. The van der Waals surface area contributed by atoms with Crippen LogP contribution < -0.4 is 0 Å². The van der Waals surface area contributed by atoms with Gasteiger partial charge in [0, 0.05) is 6.42 Å². The van der Waals surface area contributed by atoms with Crippen molar-refractivity contribution in [1.29, 1.82) is 0 Å². The van der Waals surface area contributed by atoms with E-state index in [0.29, 0.717) is 32.5 Å². The molecule has 0 aliphatic heterocycles. The first kappa shape index (κ1) is 20.1. The maximum atomic E-state index is 12.4. The Morgan fingerprint density at radius 1 is 0.750 bits per heavy atom. The number of ether oxygens (including phenoxy) is 2. The van der Waals surface area contributed by atoms with Crippen molar-refractivity contribution in [3.8, 4) is 0 Å². The Balaban J connectivity index is 1.45. The Morgan fingerprint density at radius 2 is 1.25 bits per heavy atom. The second-order valence-electron chi connectivity index (χ2n) is 7.68. The van der Waals surface area contributed by atoms with Gasteiger partial charge in [0.05, 0.1) is 6.42 Å². The predicted octanol–water partition coefficient (Wildman–Crippen LogP) is 5.20. The molecule has 28 heavy (non-hydrogen) atoms. The molecule has 4 nitrogen and oxygen atoms in total. The number of rotatable bonds is 9. The van der Waals surface area contributed by atoms with E-state index in [9.17, 15) is 9.59 Å². The van der Waals surface area contributed by atoms with Gasteiger partial charge in [0.2, 0.25) is 0 Å². The van der Waals surface area contributed by atoms with Gasteiger partial charge in [0.25, 0.3) is 0 Å². The number of hydrogen-bond acceptors (Lipinski definition) is 4. The van der Waals surface area contributed by atoms with Crippen molar-refractivity contribution in [2.24, 2.45) is 5.41 Å². The lowest BCUT2D eigenvalue weighted by Gasteiger charge is -2.27. The lowest BCUT2D eigenvalue weighted by molar-refractivity contribution is -0.150. The summed E-state index contributed by atoms with van der Waals surface area (Å²) in [5.41, 5.74) is 1.84. The van der Waals surface area contributed by atoms with E-state index in [1.165, 1.54) is 0 Å². The molecule has 0 radical (unpaired) electrons. The summed E-state index contributed by atoms with van der Waals surface area (Å²) in [6, 6.07) is 19.4. The molecule has 0 aromatic heterocycles. The molecular formula is C24H28O4. The van der Waals surface area contributed by atoms with Gasteiger partial charge < -0.3 is 9.47 Å². The maximum absolute atomic E-state index is 12.4. The highest BCUT2D eigenvalue weighted by Crippen LogP contribution is 2.45. The summed E-state index contributed by atoms with van der Waals surface area (Å²) in [5, 5.41) is 0. The number of benzene rings is 2. The standard InChI is InChI=1S/C24H28O4/c25-22(27-18-20-9-3-1-4-10-20)13-16-24(14-7-8-15-24)17-23(26)28-19-21-11-5-2-6-12-21/h1-6,9-12H,7-8,13-19H2. The topological polar surface area (TPSA) is 52.6 Å². The molecule has 1 aliphatic carbocycles. The lowest BCUT2D eigenvalue weighted by Crippen LogP contribution is -2.24. The molecule has 148 valence electrons. The van der Waals surface area contributed by atoms with E-state index in [-0.39, 0.29) is 17.4 Å². The van der Waals surface area contributed by atoms with Crippen LogP contribution in [0.3, 0.4) is 0 Å². The molecule has 1 fully saturated rings. The summed E-state index contributed by atoms with van der Waals surface area (Å²) < 4.78 is 10.9. The van der Waals surface area contributed by atoms with Gasteiger partial charge in [-0.15, -0.1) is 0 Å². The first-order valence-electron chi connectivity index (χ1n) is 10.0. The van der Waals surface area contributed by atoms with Gasteiger partial charge in [0.15, 0.2) is 0 Å². The Kier molecular flexibility index (Phi) is 7.24. The fourth-order valence-electron chi connectivity index (χ4n) is 3.91. The minimum absolute atomic E-state index is 0.125. The van der Waals surface area contributed by atoms with Gasteiger partial charge in [-0.05, 0) is 35.8 Å². The summed E-state index contributed by atoms with van der Waals surface area (Å²) in [6.07, 6.45) is 5.56. The third-order valence-electron chi connectivity index (χ3n) is 5.53. The molecule has 0 bridgehead atoms. The summed E-state index contributed by atoms with van der Waals surface area (Å²) in [7, 11) is 0. The van der Waals surface area contributed by atoms with Crippen LogP contribution in [0.5, 0.6) is 0 Å². The quantitative estimate of drug-likeness (QED) is 0.561. The SMILES string of the molecule is O=C(CCC1(CC(=O)OCc2ccccc2)CCCC1)OCc1ccccc1. The summed E-state index contributed by atoms with van der Waals surface area (Å²) >= 11 is 0. The molecule has 0 N–H and O–H groups in total. The smallest absolute Gasteiger partial charge is 0.306 e. The highest BCUT2D eigenvalue weighted by molar-refractivity contribution is 5.71. The van der Waals surface area contributed by atoms with Crippen molar-refractivity contribution in [2.75, 3.05) is 0 Å². The molecule has 2 aromatic carbocycles. The van der Waals surface area contributed by atoms with Crippen molar-refractivity contribution >= 4 is 11.9 Å². The fourth-order valence-corrected chi connectivity index (χ4v) is 3.91. The van der Waals surface area contributed by atoms with Crippen LogP contribution in [-0.4, -0.2) is 11.9 Å². The molecule has 2 aromatic rings. The highest BCUT2D eigenvalue weighted by atomic mass is 16.5. The zero-order chi connectivity index (χ0) is 19.7. The van der Waals surface area contributed by atoms with Crippen LogP contribution in [0.15, 0.2) is 60.7 Å². The van der Waals surface area contributed by atoms with Crippen LogP contribution in [0, 0.1) is 5.41 Å². The summed E-state index contributed by atoms with van der Waals surface area (Å²) in [4.78, 5) is 24.6. The molecule has 0 spiro atoms. The first-order chi connectivity index (χ1) is 13.7. The van der Waals surface area contributed by atoms with Gasteiger partial charge in [-0.3, -0.25) is 9.59 Å². The summed E-state index contributed by atoms with van der Waals surface area (Å²) in [6.45, 7) is 0.598. The molecule has 0 heterocycles. The number of esters is 2. The van der Waals surface area contributed by atoms with Crippen molar-refractivity contribution in [1.82, 2.24) is 0 Å². The minimum atomic E-state index is -0.201. The van der Waals surface area contributed by atoms with Gasteiger partial charge in [0.1, 0.15) is 13.2 Å². The van der Waals surface area contributed by atoms with Crippen molar-refractivity contribution < 1.29 is 19.1 Å². The van der Waals surface area contributed by atoms with Crippen LogP contribution in [0.25, 0.3) is 0 Å². The largest absolute Gasteiger partial charge is 0.461 e. The predicted molar refractivity (Wildman–Crippen MR) is 107 cm³/mol. The van der Waals surface area contributed by atoms with E-state index >= 15 is 0 Å². The van der Waals surface area contributed by atoms with E-state index in [1.807, 2.05) is 60.7 Å². The normalized spacial score (nSPS) is 15.1. The highest BCUT2D eigenvalue weighted by Gasteiger charge is 2.36. The number of carbonyl (C=O) groups is 2. The average molecular weight is 380 g/mol. The zero-order valence-corrected chi connectivity index (χ0v) is 16.3. The molecule has 0 unspecified atom stereocenters. The molecule has 1 aliphatic rings. The van der Waals surface area contributed by atoms with Gasteiger partial charge in [-0.25, -0.2) is 0 Å². The molecule has 3 rings (SSSR count). The Bertz CT molecular complexity index is 749.